The molecular weight excluding hydrogens is 296 g/mol. The minimum absolute atomic E-state index is 0.224. The van der Waals surface area contributed by atoms with E-state index < -0.39 is 5.97 Å². The first-order chi connectivity index (χ1) is 11.0. The lowest BCUT2D eigenvalue weighted by atomic mass is 9.99. The van der Waals surface area contributed by atoms with Crippen LogP contribution in [0.4, 0.5) is 0 Å². The average molecular weight is 324 g/mol. The Morgan fingerprint density at radius 3 is 2.30 bits per heavy atom. The summed E-state index contributed by atoms with van der Waals surface area (Å²) in [7, 11) is 3.02. The molecule has 0 unspecified atom stereocenters. The van der Waals surface area contributed by atoms with E-state index in [4.69, 9.17) is 9.47 Å². The molecule has 0 saturated heterocycles. The maximum atomic E-state index is 11.5. The first-order valence-corrected chi connectivity index (χ1v) is 8.15. The summed E-state index contributed by atoms with van der Waals surface area (Å²) >= 11 is 0. The van der Waals surface area contributed by atoms with E-state index in [1.165, 1.54) is 7.11 Å². The molecule has 1 aromatic rings. The van der Waals surface area contributed by atoms with Crippen LogP contribution in [0.5, 0.6) is 11.5 Å². The fourth-order valence-electron chi connectivity index (χ4n) is 2.65. The molecule has 2 N–H and O–H groups in total. The number of ether oxygens (including phenoxy) is 2. The van der Waals surface area contributed by atoms with Gasteiger partial charge in [-0.05, 0) is 37.8 Å². The highest BCUT2D eigenvalue weighted by molar-refractivity contribution is 5.93. The maximum absolute atomic E-state index is 11.5. The molecule has 1 rings (SSSR count). The number of hydrogen-bond donors (Lipinski definition) is 2. The third kappa shape index (κ3) is 6.48. The first kappa shape index (κ1) is 19.3. The summed E-state index contributed by atoms with van der Waals surface area (Å²) in [6.45, 7) is 1.81. The number of benzene rings is 1. The lowest BCUT2D eigenvalue weighted by Gasteiger charge is -2.13. The average Bonchev–Trinajstić information content (AvgIpc) is 2.52. The van der Waals surface area contributed by atoms with Crippen molar-refractivity contribution >= 4 is 5.97 Å². The molecule has 0 spiro atoms. The minimum atomic E-state index is -0.976. The van der Waals surface area contributed by atoms with Gasteiger partial charge in [-0.15, -0.1) is 0 Å². The molecule has 5 nitrogen and oxygen atoms in total. The molecule has 0 aromatic heterocycles. The zero-order valence-electron chi connectivity index (χ0n) is 14.3. The van der Waals surface area contributed by atoms with Crippen molar-refractivity contribution in [3.63, 3.8) is 0 Å². The number of carbonyl (C=O) groups is 1. The van der Waals surface area contributed by atoms with Crippen LogP contribution in [-0.2, 0) is 6.42 Å². The van der Waals surface area contributed by atoms with Gasteiger partial charge in [0.2, 0.25) is 0 Å². The second-order valence-corrected chi connectivity index (χ2v) is 5.82. The molecule has 0 bridgehead atoms. The second-order valence-electron chi connectivity index (χ2n) is 5.82. The number of unbranched alkanes of at least 4 members (excludes halogenated alkanes) is 4. The summed E-state index contributed by atoms with van der Waals surface area (Å²) in [5, 5.41) is 18.6. The molecule has 1 atom stereocenters. The molecule has 5 heteroatoms. The number of carboxylic acids is 1. The lowest BCUT2D eigenvalue weighted by Crippen LogP contribution is -2.06. The largest absolute Gasteiger partial charge is 0.497 e. The number of aryl methyl sites for hydroxylation is 1. The Morgan fingerprint density at radius 1 is 1.09 bits per heavy atom. The predicted molar refractivity (Wildman–Crippen MR) is 89.6 cm³/mol. The van der Waals surface area contributed by atoms with Gasteiger partial charge in [-0.3, -0.25) is 0 Å². The molecule has 0 heterocycles. The van der Waals surface area contributed by atoms with Crippen LogP contribution in [0, 0.1) is 0 Å². The van der Waals surface area contributed by atoms with E-state index in [1.54, 1.807) is 19.2 Å². The van der Waals surface area contributed by atoms with Gasteiger partial charge in [0.15, 0.2) is 0 Å². The third-order valence-corrected chi connectivity index (χ3v) is 3.89. The van der Waals surface area contributed by atoms with E-state index in [0.717, 1.165) is 44.1 Å². The summed E-state index contributed by atoms with van der Waals surface area (Å²) in [6.07, 6.45) is 6.49. The summed E-state index contributed by atoms with van der Waals surface area (Å²) < 4.78 is 10.4. The second kappa shape index (κ2) is 10.1. The molecule has 130 valence electrons. The zero-order valence-corrected chi connectivity index (χ0v) is 14.3. The van der Waals surface area contributed by atoms with E-state index in [1.807, 2.05) is 6.92 Å². The molecular formula is C18H28O5. The minimum Gasteiger partial charge on any atom is -0.497 e. The number of aliphatic hydroxyl groups is 1. The standard InChI is InChI=1S/C18H28O5/c1-13(19)9-7-5-4-6-8-10-14-11-15(22-2)12-16(23-3)17(14)18(20)21/h11-13,19H,4-10H2,1-3H3,(H,20,21)/t13-/m1/s1. The summed E-state index contributed by atoms with van der Waals surface area (Å²) in [5.41, 5.74) is 0.972. The molecule has 23 heavy (non-hydrogen) atoms. The molecule has 0 amide bonds. The van der Waals surface area contributed by atoms with Gasteiger partial charge in [0.1, 0.15) is 17.1 Å². The van der Waals surface area contributed by atoms with Gasteiger partial charge in [0.25, 0.3) is 0 Å². The monoisotopic (exact) mass is 324 g/mol. The van der Waals surface area contributed by atoms with Crippen LogP contribution in [-0.4, -0.2) is 36.5 Å². The van der Waals surface area contributed by atoms with E-state index in [-0.39, 0.29) is 11.7 Å². The van der Waals surface area contributed by atoms with Crippen molar-refractivity contribution in [2.75, 3.05) is 14.2 Å². The van der Waals surface area contributed by atoms with E-state index in [2.05, 4.69) is 0 Å². The van der Waals surface area contributed by atoms with Gasteiger partial charge in [-0.25, -0.2) is 4.79 Å². The number of aromatic carboxylic acids is 1. The number of aliphatic hydroxyl groups excluding tert-OH is 1. The normalized spacial score (nSPS) is 12.0. The predicted octanol–water partition coefficient (Wildman–Crippen LogP) is 3.67. The van der Waals surface area contributed by atoms with Crippen LogP contribution >= 0.6 is 0 Å². The van der Waals surface area contributed by atoms with Crippen molar-refractivity contribution in [2.45, 2.75) is 58.0 Å². The molecule has 1 aromatic carbocycles. The topological polar surface area (TPSA) is 76.0 Å². The fraction of sp³-hybridized carbons (Fsp3) is 0.611. The Balaban J connectivity index is 2.59. The number of methoxy groups -OCH3 is 2. The van der Waals surface area contributed by atoms with Gasteiger partial charge in [0.05, 0.1) is 20.3 Å². The van der Waals surface area contributed by atoms with E-state index in [0.29, 0.717) is 17.9 Å². The highest BCUT2D eigenvalue weighted by Crippen LogP contribution is 2.30. The fourth-order valence-corrected chi connectivity index (χ4v) is 2.65. The summed E-state index contributed by atoms with van der Waals surface area (Å²) in [4.78, 5) is 11.5. The van der Waals surface area contributed by atoms with Crippen molar-refractivity contribution in [3.8, 4) is 11.5 Å². The van der Waals surface area contributed by atoms with Gasteiger partial charge >= 0.3 is 5.97 Å². The summed E-state index contributed by atoms with van der Waals surface area (Å²) in [5.74, 6) is -0.0287. The molecule has 0 aliphatic heterocycles. The van der Waals surface area contributed by atoms with Gasteiger partial charge in [0, 0.05) is 6.07 Å². The van der Waals surface area contributed by atoms with Gasteiger partial charge in [-0.2, -0.15) is 0 Å². The highest BCUT2D eigenvalue weighted by atomic mass is 16.5. The molecule has 0 aliphatic carbocycles. The van der Waals surface area contributed by atoms with Crippen molar-refractivity contribution in [2.24, 2.45) is 0 Å². The highest BCUT2D eigenvalue weighted by Gasteiger charge is 2.18. The van der Waals surface area contributed by atoms with Gasteiger partial charge in [-0.1, -0.05) is 25.7 Å². The van der Waals surface area contributed by atoms with Gasteiger partial charge < -0.3 is 19.7 Å². The molecule has 0 radical (unpaired) electrons. The van der Waals surface area contributed by atoms with E-state index >= 15 is 0 Å². The Hall–Kier alpha value is -1.75. The van der Waals surface area contributed by atoms with Crippen molar-refractivity contribution < 1.29 is 24.5 Å². The maximum Gasteiger partial charge on any atom is 0.339 e. The Labute approximate surface area is 138 Å². The van der Waals surface area contributed by atoms with Crippen LogP contribution in [0.15, 0.2) is 12.1 Å². The van der Waals surface area contributed by atoms with Crippen molar-refractivity contribution in [1.82, 2.24) is 0 Å². The Kier molecular flexibility index (Phi) is 8.48. The number of rotatable bonds is 11. The zero-order chi connectivity index (χ0) is 17.2. The van der Waals surface area contributed by atoms with E-state index in [9.17, 15) is 15.0 Å². The Bertz CT molecular complexity index is 496. The van der Waals surface area contributed by atoms with Crippen molar-refractivity contribution in [3.05, 3.63) is 23.3 Å². The number of carboxylic acid groups (broad SMARTS) is 1. The Morgan fingerprint density at radius 2 is 1.74 bits per heavy atom. The van der Waals surface area contributed by atoms with Crippen LogP contribution in [0.2, 0.25) is 0 Å². The SMILES string of the molecule is COc1cc(CCCCCCC[C@@H](C)O)c(C(=O)O)c(OC)c1. The van der Waals surface area contributed by atoms with Crippen molar-refractivity contribution in [1.29, 1.82) is 0 Å². The first-order valence-electron chi connectivity index (χ1n) is 8.15. The lowest BCUT2D eigenvalue weighted by molar-refractivity contribution is 0.0692. The summed E-state index contributed by atoms with van der Waals surface area (Å²) in [6, 6.07) is 3.38. The van der Waals surface area contributed by atoms with Crippen LogP contribution in [0.25, 0.3) is 0 Å². The van der Waals surface area contributed by atoms with Crippen LogP contribution < -0.4 is 9.47 Å². The smallest absolute Gasteiger partial charge is 0.339 e. The number of hydrogen-bond acceptors (Lipinski definition) is 4. The third-order valence-electron chi connectivity index (χ3n) is 3.89. The van der Waals surface area contributed by atoms with Crippen LogP contribution in [0.1, 0.15) is 61.4 Å². The van der Waals surface area contributed by atoms with Crippen LogP contribution in [0.3, 0.4) is 0 Å². The quantitative estimate of drug-likeness (QED) is 0.607. The molecule has 0 aliphatic rings. The molecule has 0 fully saturated rings. The molecule has 0 saturated carbocycles.